The molecule has 2 heterocycles. The molecule has 0 bridgehead atoms. The quantitative estimate of drug-likeness (QED) is 0.768. The molecular weight excluding hydrogens is 322 g/mol. The van der Waals surface area contributed by atoms with Gasteiger partial charge in [0, 0.05) is 22.0 Å². The maximum Gasteiger partial charge on any atom is 0.345 e. The predicted octanol–water partition coefficient (Wildman–Crippen LogP) is 4.34. The summed E-state index contributed by atoms with van der Waals surface area (Å²) in [7, 11) is 1.69. The molecule has 1 aliphatic carbocycles. The Labute approximate surface area is 144 Å². The largest absolute Gasteiger partial charge is 0.497 e. The molecule has 1 aromatic carbocycles. The molecule has 2 aromatic heterocycles. The molecule has 0 saturated heterocycles. The summed E-state index contributed by atoms with van der Waals surface area (Å²) >= 11 is 1.36. The van der Waals surface area contributed by atoms with E-state index >= 15 is 0 Å². The topological polar surface area (TPSA) is 51.5 Å². The molecule has 0 unspecified atom stereocenters. The minimum atomic E-state index is -0.854. The fraction of sp³-hybridized carbons (Fsp3) is 0.316. The Morgan fingerprint density at radius 3 is 2.83 bits per heavy atom. The SMILES string of the molecule is COc1ccc2c3c(n(Cc4ccc(C(=O)O)s4)c2c1)CCCC3. The van der Waals surface area contributed by atoms with Gasteiger partial charge in [0.25, 0.3) is 0 Å². The number of aromatic carboxylic acids is 1. The van der Waals surface area contributed by atoms with Gasteiger partial charge in [0.2, 0.25) is 0 Å². The Hall–Kier alpha value is -2.27. The normalized spacial score (nSPS) is 13.9. The smallest absolute Gasteiger partial charge is 0.345 e. The van der Waals surface area contributed by atoms with E-state index in [4.69, 9.17) is 9.84 Å². The zero-order valence-electron chi connectivity index (χ0n) is 13.5. The van der Waals surface area contributed by atoms with Gasteiger partial charge in [-0.25, -0.2) is 4.79 Å². The predicted molar refractivity (Wildman–Crippen MR) is 95.5 cm³/mol. The van der Waals surface area contributed by atoms with Crippen LogP contribution < -0.4 is 4.74 Å². The van der Waals surface area contributed by atoms with Gasteiger partial charge in [0.05, 0.1) is 19.2 Å². The van der Waals surface area contributed by atoms with Crippen LogP contribution in [0.2, 0.25) is 0 Å². The van der Waals surface area contributed by atoms with Gasteiger partial charge in [0.1, 0.15) is 10.6 Å². The molecule has 0 amide bonds. The van der Waals surface area contributed by atoms with E-state index < -0.39 is 5.97 Å². The Morgan fingerprint density at radius 2 is 2.08 bits per heavy atom. The minimum absolute atomic E-state index is 0.396. The second-order valence-corrected chi connectivity index (χ2v) is 7.34. The van der Waals surface area contributed by atoms with E-state index in [1.54, 1.807) is 13.2 Å². The van der Waals surface area contributed by atoms with Crippen molar-refractivity contribution in [3.8, 4) is 5.75 Å². The maximum atomic E-state index is 11.1. The second-order valence-electron chi connectivity index (χ2n) is 6.17. The van der Waals surface area contributed by atoms with Crippen LogP contribution in [-0.2, 0) is 19.4 Å². The summed E-state index contributed by atoms with van der Waals surface area (Å²) in [5.41, 5.74) is 4.04. The summed E-state index contributed by atoms with van der Waals surface area (Å²) in [5.74, 6) is 0.00307. The number of hydrogen-bond acceptors (Lipinski definition) is 3. The summed E-state index contributed by atoms with van der Waals surface area (Å²) in [6, 6.07) is 9.90. The maximum absolute atomic E-state index is 11.1. The highest BCUT2D eigenvalue weighted by atomic mass is 32.1. The van der Waals surface area contributed by atoms with Gasteiger partial charge in [-0.15, -0.1) is 11.3 Å². The van der Waals surface area contributed by atoms with Crippen molar-refractivity contribution in [3.05, 3.63) is 51.3 Å². The lowest BCUT2D eigenvalue weighted by atomic mass is 9.95. The Kier molecular flexibility index (Phi) is 3.81. The summed E-state index contributed by atoms with van der Waals surface area (Å²) in [4.78, 5) is 12.6. The molecule has 4 rings (SSSR count). The standard InChI is InChI=1S/C19H19NO3S/c1-23-12-6-8-15-14-4-2-3-5-16(14)20(17(15)10-12)11-13-7-9-18(24-13)19(21)22/h6-10H,2-5,11H2,1H3,(H,21,22). The third kappa shape index (κ3) is 2.49. The zero-order valence-corrected chi connectivity index (χ0v) is 14.4. The second kappa shape index (κ2) is 5.98. The van der Waals surface area contributed by atoms with Crippen molar-refractivity contribution in [2.75, 3.05) is 7.11 Å². The van der Waals surface area contributed by atoms with Crippen LogP contribution in [0.4, 0.5) is 0 Å². The number of carbonyl (C=O) groups is 1. The van der Waals surface area contributed by atoms with Crippen LogP contribution in [0.25, 0.3) is 10.9 Å². The molecule has 0 radical (unpaired) electrons. The monoisotopic (exact) mass is 341 g/mol. The third-order valence-electron chi connectivity index (χ3n) is 4.77. The summed E-state index contributed by atoms with van der Waals surface area (Å²) in [6.45, 7) is 0.719. The molecule has 124 valence electrons. The molecule has 0 atom stereocenters. The molecule has 24 heavy (non-hydrogen) atoms. The number of rotatable bonds is 4. The Bertz CT molecular complexity index is 922. The number of hydrogen-bond donors (Lipinski definition) is 1. The number of fused-ring (bicyclic) bond motifs is 3. The van der Waals surface area contributed by atoms with Crippen molar-refractivity contribution in [1.82, 2.24) is 4.57 Å². The van der Waals surface area contributed by atoms with Crippen LogP contribution in [0.1, 0.15) is 38.6 Å². The van der Waals surface area contributed by atoms with Crippen LogP contribution in [-0.4, -0.2) is 22.8 Å². The number of nitrogens with zero attached hydrogens (tertiary/aromatic N) is 1. The van der Waals surface area contributed by atoms with Crippen molar-refractivity contribution in [3.63, 3.8) is 0 Å². The van der Waals surface area contributed by atoms with Gasteiger partial charge in [-0.05, 0) is 55.5 Å². The average molecular weight is 341 g/mol. The fourth-order valence-corrected chi connectivity index (χ4v) is 4.49. The van der Waals surface area contributed by atoms with E-state index in [-0.39, 0.29) is 0 Å². The number of carboxylic acid groups (broad SMARTS) is 1. The number of aryl methyl sites for hydroxylation is 1. The van der Waals surface area contributed by atoms with E-state index in [0.717, 1.165) is 30.0 Å². The molecular formula is C19H19NO3S. The number of aromatic nitrogens is 1. The van der Waals surface area contributed by atoms with E-state index in [0.29, 0.717) is 4.88 Å². The fourth-order valence-electron chi connectivity index (χ4n) is 3.65. The molecule has 1 N–H and O–H groups in total. The zero-order chi connectivity index (χ0) is 16.7. The van der Waals surface area contributed by atoms with Gasteiger partial charge < -0.3 is 14.4 Å². The Morgan fingerprint density at radius 1 is 1.25 bits per heavy atom. The van der Waals surface area contributed by atoms with Crippen LogP contribution >= 0.6 is 11.3 Å². The lowest BCUT2D eigenvalue weighted by molar-refractivity contribution is 0.0702. The highest BCUT2D eigenvalue weighted by Gasteiger charge is 2.21. The molecule has 0 spiro atoms. The lowest BCUT2D eigenvalue weighted by Crippen LogP contribution is -2.08. The molecule has 0 aliphatic heterocycles. The first-order valence-electron chi connectivity index (χ1n) is 8.17. The molecule has 0 fully saturated rings. The van der Waals surface area contributed by atoms with Gasteiger partial charge in [0.15, 0.2) is 0 Å². The number of carboxylic acids is 1. The summed E-state index contributed by atoms with van der Waals surface area (Å²) in [5, 5.41) is 10.4. The van der Waals surface area contributed by atoms with Crippen molar-refractivity contribution in [2.24, 2.45) is 0 Å². The van der Waals surface area contributed by atoms with Crippen LogP contribution in [0.5, 0.6) is 5.75 Å². The summed E-state index contributed by atoms with van der Waals surface area (Å²) in [6.07, 6.45) is 4.66. The molecule has 4 nitrogen and oxygen atoms in total. The highest BCUT2D eigenvalue weighted by molar-refractivity contribution is 7.13. The Balaban J connectivity index is 1.84. The van der Waals surface area contributed by atoms with Crippen molar-refractivity contribution in [2.45, 2.75) is 32.2 Å². The van der Waals surface area contributed by atoms with Gasteiger partial charge in [-0.1, -0.05) is 0 Å². The van der Waals surface area contributed by atoms with Gasteiger partial charge in [-0.2, -0.15) is 0 Å². The first-order chi connectivity index (χ1) is 11.7. The van der Waals surface area contributed by atoms with Gasteiger partial charge >= 0.3 is 5.97 Å². The number of ether oxygens (including phenoxy) is 1. The molecule has 3 aromatic rings. The third-order valence-corrected chi connectivity index (χ3v) is 5.83. The van der Waals surface area contributed by atoms with E-state index in [1.165, 1.54) is 46.3 Å². The molecule has 1 aliphatic rings. The van der Waals surface area contributed by atoms with E-state index in [9.17, 15) is 4.79 Å². The first kappa shape index (κ1) is 15.3. The minimum Gasteiger partial charge on any atom is -0.497 e. The summed E-state index contributed by atoms with van der Waals surface area (Å²) < 4.78 is 7.76. The van der Waals surface area contributed by atoms with Crippen molar-refractivity contribution < 1.29 is 14.6 Å². The van der Waals surface area contributed by atoms with Crippen molar-refractivity contribution in [1.29, 1.82) is 0 Å². The van der Waals surface area contributed by atoms with Crippen LogP contribution in [0, 0.1) is 0 Å². The van der Waals surface area contributed by atoms with Crippen molar-refractivity contribution >= 4 is 28.2 Å². The lowest BCUT2D eigenvalue weighted by Gasteiger charge is -2.15. The first-order valence-corrected chi connectivity index (χ1v) is 8.99. The number of thiophene rings is 1. The van der Waals surface area contributed by atoms with Gasteiger partial charge in [-0.3, -0.25) is 0 Å². The van der Waals surface area contributed by atoms with Crippen LogP contribution in [0.15, 0.2) is 30.3 Å². The number of methoxy groups -OCH3 is 1. The van der Waals surface area contributed by atoms with E-state index in [1.807, 2.05) is 12.1 Å². The molecule has 0 saturated carbocycles. The number of benzene rings is 1. The molecule has 5 heteroatoms. The highest BCUT2D eigenvalue weighted by Crippen LogP contribution is 2.35. The van der Waals surface area contributed by atoms with E-state index in [2.05, 4.69) is 16.7 Å². The average Bonchev–Trinajstić information content (AvgIpc) is 3.19. The van der Waals surface area contributed by atoms with Crippen LogP contribution in [0.3, 0.4) is 0 Å².